The van der Waals surface area contributed by atoms with E-state index in [1.807, 2.05) is 11.9 Å². The van der Waals surface area contributed by atoms with Crippen LogP contribution in [0.4, 0.5) is 13.2 Å². The second-order valence-corrected chi connectivity index (χ2v) is 6.53. The van der Waals surface area contributed by atoms with Crippen LogP contribution in [0.2, 0.25) is 0 Å². The van der Waals surface area contributed by atoms with E-state index in [9.17, 15) is 13.2 Å². The van der Waals surface area contributed by atoms with Crippen molar-refractivity contribution < 1.29 is 13.2 Å². The number of hydrogen-bond acceptors (Lipinski definition) is 2. The van der Waals surface area contributed by atoms with Crippen molar-refractivity contribution >= 4 is 0 Å². The molecule has 1 N–H and O–H groups in total. The number of alkyl halides is 3. The minimum Gasteiger partial charge on any atom is -0.316 e. The van der Waals surface area contributed by atoms with E-state index in [4.69, 9.17) is 0 Å². The van der Waals surface area contributed by atoms with E-state index in [0.29, 0.717) is 12.0 Å². The van der Waals surface area contributed by atoms with Crippen LogP contribution in [0, 0.1) is 11.3 Å². The summed E-state index contributed by atoms with van der Waals surface area (Å²) in [4.78, 5) is 1.82. The first-order chi connectivity index (χ1) is 8.65. The molecule has 0 saturated heterocycles. The summed E-state index contributed by atoms with van der Waals surface area (Å²) < 4.78 is 36.7. The highest BCUT2D eigenvalue weighted by Gasteiger charge is 2.38. The zero-order chi connectivity index (χ0) is 14.7. The molecule has 0 aliphatic heterocycles. The van der Waals surface area contributed by atoms with Crippen LogP contribution in [0.5, 0.6) is 0 Å². The summed E-state index contributed by atoms with van der Waals surface area (Å²) in [6.07, 6.45) is -1.32. The van der Waals surface area contributed by atoms with Crippen LogP contribution in [0.25, 0.3) is 0 Å². The Morgan fingerprint density at radius 2 is 1.95 bits per heavy atom. The molecule has 2 unspecified atom stereocenters. The maximum Gasteiger partial charge on any atom is 0.390 e. The maximum atomic E-state index is 12.2. The highest BCUT2D eigenvalue weighted by molar-refractivity contribution is 4.93. The van der Waals surface area contributed by atoms with Crippen molar-refractivity contribution in [3.63, 3.8) is 0 Å². The molecule has 0 radical (unpaired) electrons. The molecule has 1 aliphatic rings. The summed E-state index contributed by atoms with van der Waals surface area (Å²) >= 11 is 0. The van der Waals surface area contributed by atoms with Gasteiger partial charge in [0.1, 0.15) is 0 Å². The second kappa shape index (κ2) is 6.44. The van der Waals surface area contributed by atoms with E-state index < -0.39 is 12.6 Å². The van der Waals surface area contributed by atoms with Crippen LogP contribution in [0.3, 0.4) is 0 Å². The van der Waals surface area contributed by atoms with Gasteiger partial charge in [-0.3, -0.25) is 0 Å². The molecule has 0 aromatic carbocycles. The van der Waals surface area contributed by atoms with Crippen LogP contribution in [0.1, 0.15) is 39.5 Å². The van der Waals surface area contributed by atoms with Gasteiger partial charge < -0.3 is 10.2 Å². The van der Waals surface area contributed by atoms with Gasteiger partial charge in [-0.25, -0.2) is 0 Å². The van der Waals surface area contributed by atoms with Gasteiger partial charge in [-0.05, 0) is 38.3 Å². The normalized spacial score (nSPS) is 27.8. The maximum absolute atomic E-state index is 12.2. The number of nitrogens with zero attached hydrogens (tertiary/aromatic N) is 1. The fraction of sp³-hybridized carbons (Fsp3) is 1.00. The molecular weight excluding hydrogens is 253 g/mol. The van der Waals surface area contributed by atoms with E-state index in [-0.39, 0.29) is 12.0 Å². The van der Waals surface area contributed by atoms with Crippen LogP contribution < -0.4 is 5.32 Å². The van der Waals surface area contributed by atoms with E-state index in [2.05, 4.69) is 19.2 Å². The Morgan fingerprint density at radius 1 is 1.32 bits per heavy atom. The molecule has 5 heteroatoms. The Bertz CT molecular complexity index is 276. The van der Waals surface area contributed by atoms with Gasteiger partial charge in [0.2, 0.25) is 0 Å². The molecule has 114 valence electrons. The third-order valence-electron chi connectivity index (χ3n) is 4.34. The van der Waals surface area contributed by atoms with Crippen molar-refractivity contribution in [2.24, 2.45) is 11.3 Å². The monoisotopic (exact) mass is 280 g/mol. The summed E-state index contributed by atoms with van der Waals surface area (Å²) in [6.45, 7) is 5.33. The molecule has 1 fully saturated rings. The zero-order valence-electron chi connectivity index (χ0n) is 12.5. The summed E-state index contributed by atoms with van der Waals surface area (Å²) in [7, 11) is 3.75. The molecular formula is C14H27F3N2. The van der Waals surface area contributed by atoms with Crippen molar-refractivity contribution in [1.29, 1.82) is 0 Å². The summed E-state index contributed by atoms with van der Waals surface area (Å²) in [5, 5.41) is 3.37. The Hall–Kier alpha value is -0.290. The van der Waals surface area contributed by atoms with E-state index >= 15 is 0 Å². The number of rotatable bonds is 5. The van der Waals surface area contributed by atoms with Gasteiger partial charge in [-0.15, -0.1) is 0 Å². The first-order valence-corrected chi connectivity index (χ1v) is 7.08. The predicted molar refractivity (Wildman–Crippen MR) is 72.1 cm³/mol. The average molecular weight is 280 g/mol. The molecule has 19 heavy (non-hydrogen) atoms. The first-order valence-electron chi connectivity index (χ1n) is 7.08. The third-order valence-corrected chi connectivity index (χ3v) is 4.34. The third kappa shape index (κ3) is 5.30. The van der Waals surface area contributed by atoms with Crippen molar-refractivity contribution in [2.75, 3.05) is 27.2 Å². The summed E-state index contributed by atoms with van der Waals surface area (Å²) in [6, 6.07) is 0.384. The minimum atomic E-state index is -4.05. The van der Waals surface area contributed by atoms with Gasteiger partial charge in [0.25, 0.3) is 0 Å². The van der Waals surface area contributed by atoms with Gasteiger partial charge in [0, 0.05) is 19.1 Å². The molecule has 1 saturated carbocycles. The number of nitrogens with one attached hydrogen (secondary N) is 1. The van der Waals surface area contributed by atoms with Crippen LogP contribution in [-0.4, -0.2) is 44.3 Å². The highest BCUT2D eigenvalue weighted by atomic mass is 19.4. The van der Waals surface area contributed by atoms with Crippen molar-refractivity contribution in [3.8, 4) is 0 Å². The average Bonchev–Trinajstić information content (AvgIpc) is 2.24. The largest absolute Gasteiger partial charge is 0.390 e. The topological polar surface area (TPSA) is 15.3 Å². The Labute approximate surface area is 114 Å². The lowest BCUT2D eigenvalue weighted by atomic mass is 9.68. The molecule has 0 bridgehead atoms. The fourth-order valence-corrected chi connectivity index (χ4v) is 3.41. The van der Waals surface area contributed by atoms with E-state index in [1.54, 1.807) is 7.05 Å². The second-order valence-electron chi connectivity index (χ2n) is 6.53. The Balaban J connectivity index is 2.50. The van der Waals surface area contributed by atoms with E-state index in [0.717, 1.165) is 13.0 Å². The number of hydrogen-bond donors (Lipinski definition) is 1. The fourth-order valence-electron chi connectivity index (χ4n) is 3.41. The van der Waals surface area contributed by atoms with Crippen molar-refractivity contribution in [3.05, 3.63) is 0 Å². The standard InChI is InChI=1S/C14H27F3N2/c1-13(2)7-5-6-11(12(13)18-3)10-19(4)9-8-14(15,16)17/h11-12,18H,5-10H2,1-4H3. The van der Waals surface area contributed by atoms with Gasteiger partial charge in [0.15, 0.2) is 0 Å². The van der Waals surface area contributed by atoms with Gasteiger partial charge in [-0.1, -0.05) is 20.3 Å². The highest BCUT2D eigenvalue weighted by Crippen LogP contribution is 2.39. The molecule has 0 heterocycles. The SMILES string of the molecule is CNC1C(CN(C)CCC(F)(F)F)CCCC1(C)C. The molecule has 2 atom stereocenters. The van der Waals surface area contributed by atoms with Crippen molar-refractivity contribution in [1.82, 2.24) is 10.2 Å². The predicted octanol–water partition coefficient (Wildman–Crippen LogP) is 3.28. The molecule has 1 rings (SSSR count). The zero-order valence-corrected chi connectivity index (χ0v) is 12.5. The molecule has 0 spiro atoms. The van der Waals surface area contributed by atoms with Gasteiger partial charge >= 0.3 is 6.18 Å². The first kappa shape index (κ1) is 16.8. The molecule has 1 aliphatic carbocycles. The lowest BCUT2D eigenvalue weighted by Gasteiger charge is -2.45. The van der Waals surface area contributed by atoms with E-state index in [1.165, 1.54) is 12.8 Å². The van der Waals surface area contributed by atoms with Gasteiger partial charge in [0.05, 0.1) is 6.42 Å². The van der Waals surface area contributed by atoms with Crippen LogP contribution >= 0.6 is 0 Å². The Kier molecular flexibility index (Phi) is 5.68. The van der Waals surface area contributed by atoms with Crippen molar-refractivity contribution in [2.45, 2.75) is 51.7 Å². The van der Waals surface area contributed by atoms with Crippen LogP contribution in [0.15, 0.2) is 0 Å². The van der Waals surface area contributed by atoms with Gasteiger partial charge in [-0.2, -0.15) is 13.2 Å². The summed E-state index contributed by atoms with van der Waals surface area (Å²) in [5.74, 6) is 0.437. The minimum absolute atomic E-state index is 0.0941. The Morgan fingerprint density at radius 3 is 2.47 bits per heavy atom. The molecule has 0 aromatic heterocycles. The number of halogens is 3. The molecule has 0 aromatic rings. The molecule has 0 amide bonds. The lowest BCUT2D eigenvalue weighted by Crippen LogP contribution is -2.51. The smallest absolute Gasteiger partial charge is 0.316 e. The quantitative estimate of drug-likeness (QED) is 0.831. The molecule has 2 nitrogen and oxygen atoms in total. The lowest BCUT2D eigenvalue weighted by molar-refractivity contribution is -0.137. The summed E-state index contributed by atoms with van der Waals surface area (Å²) in [5.41, 5.74) is 0.225. The van der Waals surface area contributed by atoms with Crippen LogP contribution in [-0.2, 0) is 0 Å².